The van der Waals surface area contributed by atoms with Crippen molar-refractivity contribution in [2.45, 2.75) is 13.3 Å². The fourth-order valence-electron chi connectivity index (χ4n) is 2.09. The third-order valence-electron chi connectivity index (χ3n) is 3.01. The summed E-state index contributed by atoms with van der Waals surface area (Å²) in [6.45, 7) is 2.35. The van der Waals surface area contributed by atoms with Gasteiger partial charge in [0.25, 0.3) is 0 Å². The summed E-state index contributed by atoms with van der Waals surface area (Å²) in [6.07, 6.45) is 0.298. The molecule has 1 aliphatic heterocycles. The predicted molar refractivity (Wildman–Crippen MR) is 66.3 cm³/mol. The topological polar surface area (TPSA) is 78.1 Å². The number of amides is 3. The van der Waals surface area contributed by atoms with E-state index in [1.165, 1.54) is 4.90 Å². The maximum absolute atomic E-state index is 11.8. The lowest BCUT2D eigenvalue weighted by atomic mass is 10.1. The highest BCUT2D eigenvalue weighted by Crippen LogP contribution is 2.25. The minimum atomic E-state index is -0.416. The first-order valence-electron chi connectivity index (χ1n) is 5.71. The van der Waals surface area contributed by atoms with Crippen LogP contribution < -0.4 is 10.2 Å². The average Bonchev–Trinajstić information content (AvgIpc) is 2.72. The van der Waals surface area contributed by atoms with Crippen LogP contribution in [0.3, 0.4) is 0 Å². The highest BCUT2D eigenvalue weighted by atomic mass is 16.2. The van der Waals surface area contributed by atoms with Crippen molar-refractivity contribution in [3.63, 3.8) is 0 Å². The van der Waals surface area contributed by atoms with E-state index in [-0.39, 0.29) is 5.91 Å². The molecule has 18 heavy (non-hydrogen) atoms. The van der Waals surface area contributed by atoms with E-state index in [9.17, 15) is 9.59 Å². The van der Waals surface area contributed by atoms with Gasteiger partial charge in [-0.15, -0.1) is 0 Å². The zero-order valence-electron chi connectivity index (χ0n) is 9.86. The van der Waals surface area contributed by atoms with Crippen LogP contribution >= 0.6 is 0 Å². The van der Waals surface area contributed by atoms with Gasteiger partial charge in [-0.2, -0.15) is 5.10 Å². The predicted octanol–water partition coefficient (Wildman–Crippen LogP) is 1.32. The number of fused-ring (bicyclic) bond motifs is 1. The molecule has 0 radical (unpaired) electrons. The van der Waals surface area contributed by atoms with E-state index in [2.05, 4.69) is 15.5 Å². The number of urea groups is 1. The molecule has 0 spiro atoms. The molecule has 0 saturated carbocycles. The summed E-state index contributed by atoms with van der Waals surface area (Å²) in [5, 5.41) is 10.2. The Labute approximate surface area is 103 Å². The molecular weight excluding hydrogens is 232 g/mol. The monoisotopic (exact) mass is 244 g/mol. The number of aromatic amines is 1. The molecule has 2 aromatic rings. The highest BCUT2D eigenvalue weighted by molar-refractivity contribution is 6.08. The molecule has 3 rings (SSSR count). The van der Waals surface area contributed by atoms with Crippen molar-refractivity contribution in [1.29, 1.82) is 0 Å². The molecule has 0 bridgehead atoms. The number of nitrogens with one attached hydrogen (secondary N) is 2. The van der Waals surface area contributed by atoms with Crippen molar-refractivity contribution in [1.82, 2.24) is 15.5 Å². The number of aryl methyl sites for hydroxylation is 1. The number of rotatable bonds is 1. The van der Waals surface area contributed by atoms with Crippen molar-refractivity contribution in [3.05, 3.63) is 23.8 Å². The lowest BCUT2D eigenvalue weighted by Gasteiger charge is -2.24. The van der Waals surface area contributed by atoms with Gasteiger partial charge in [-0.05, 0) is 24.6 Å². The summed E-state index contributed by atoms with van der Waals surface area (Å²) < 4.78 is 0. The van der Waals surface area contributed by atoms with Crippen LogP contribution in [-0.4, -0.2) is 28.7 Å². The maximum Gasteiger partial charge on any atom is 0.329 e. The third kappa shape index (κ3) is 1.62. The Kier molecular flexibility index (Phi) is 2.29. The standard InChI is InChI=1S/C12H12N4O2/c1-7-2-3-8-9(6-7)14-15-11(8)16-5-4-10(17)13-12(16)18/h2-3,6H,4-5H2,1H3,(H,14,15)(H,13,17,18). The van der Waals surface area contributed by atoms with Gasteiger partial charge in [-0.25, -0.2) is 4.79 Å². The molecule has 0 atom stereocenters. The van der Waals surface area contributed by atoms with Gasteiger partial charge in [0.15, 0.2) is 5.82 Å². The van der Waals surface area contributed by atoms with Crippen molar-refractivity contribution in [2.24, 2.45) is 0 Å². The number of aromatic nitrogens is 2. The summed E-state index contributed by atoms with van der Waals surface area (Å²) in [5.74, 6) is 0.321. The van der Waals surface area contributed by atoms with Gasteiger partial charge < -0.3 is 0 Å². The largest absolute Gasteiger partial charge is 0.329 e. The molecule has 6 heteroatoms. The maximum atomic E-state index is 11.8. The van der Waals surface area contributed by atoms with E-state index in [1.807, 2.05) is 25.1 Å². The molecule has 1 aromatic carbocycles. The first kappa shape index (κ1) is 10.8. The molecule has 1 aromatic heterocycles. The second-order valence-electron chi connectivity index (χ2n) is 4.35. The first-order chi connectivity index (χ1) is 8.65. The van der Waals surface area contributed by atoms with Crippen LogP contribution in [0.5, 0.6) is 0 Å². The van der Waals surface area contributed by atoms with Gasteiger partial charge in [-0.1, -0.05) is 6.07 Å². The summed E-state index contributed by atoms with van der Waals surface area (Å²) in [6, 6.07) is 5.45. The SMILES string of the molecule is Cc1ccc2c(N3CCC(=O)NC3=O)n[nH]c2c1. The van der Waals surface area contributed by atoms with Gasteiger partial charge in [0.1, 0.15) is 0 Å². The molecule has 0 aliphatic carbocycles. The van der Waals surface area contributed by atoms with Crippen molar-refractivity contribution in [2.75, 3.05) is 11.4 Å². The Morgan fingerprint density at radius 2 is 2.17 bits per heavy atom. The van der Waals surface area contributed by atoms with Crippen LogP contribution in [0.25, 0.3) is 10.9 Å². The summed E-state index contributed by atoms with van der Waals surface area (Å²) in [4.78, 5) is 24.3. The second-order valence-corrected chi connectivity index (χ2v) is 4.35. The fourth-order valence-corrected chi connectivity index (χ4v) is 2.09. The summed E-state index contributed by atoms with van der Waals surface area (Å²) >= 11 is 0. The fraction of sp³-hybridized carbons (Fsp3) is 0.250. The number of imide groups is 1. The van der Waals surface area contributed by atoms with Gasteiger partial charge in [-0.3, -0.25) is 20.1 Å². The van der Waals surface area contributed by atoms with Gasteiger partial charge in [0, 0.05) is 18.4 Å². The Morgan fingerprint density at radius 3 is 2.94 bits per heavy atom. The van der Waals surface area contributed by atoms with Crippen LogP contribution in [0.15, 0.2) is 18.2 Å². The van der Waals surface area contributed by atoms with Crippen LogP contribution in [0.4, 0.5) is 10.6 Å². The summed E-state index contributed by atoms with van der Waals surface area (Å²) in [7, 11) is 0. The van der Waals surface area contributed by atoms with E-state index in [0.29, 0.717) is 18.8 Å². The van der Waals surface area contributed by atoms with E-state index in [0.717, 1.165) is 16.5 Å². The van der Waals surface area contributed by atoms with Crippen molar-refractivity contribution in [3.8, 4) is 0 Å². The number of carbonyl (C=O) groups excluding carboxylic acids is 2. The van der Waals surface area contributed by atoms with Gasteiger partial charge in [0.2, 0.25) is 5.91 Å². The molecule has 2 N–H and O–H groups in total. The minimum absolute atomic E-state index is 0.244. The normalized spacial score (nSPS) is 16.2. The summed E-state index contributed by atoms with van der Waals surface area (Å²) in [5.41, 5.74) is 2.01. The number of hydrogen-bond acceptors (Lipinski definition) is 3. The quantitative estimate of drug-likeness (QED) is 0.794. The molecule has 1 fully saturated rings. The van der Waals surface area contributed by atoms with Crippen LogP contribution in [0.1, 0.15) is 12.0 Å². The first-order valence-corrected chi connectivity index (χ1v) is 5.71. The average molecular weight is 244 g/mol. The Morgan fingerprint density at radius 1 is 1.33 bits per heavy atom. The van der Waals surface area contributed by atoms with E-state index in [4.69, 9.17) is 0 Å². The lowest BCUT2D eigenvalue weighted by Crippen LogP contribution is -2.49. The zero-order chi connectivity index (χ0) is 12.7. The van der Waals surface area contributed by atoms with Crippen molar-refractivity contribution >= 4 is 28.7 Å². The molecule has 0 unspecified atom stereocenters. The van der Waals surface area contributed by atoms with Gasteiger partial charge >= 0.3 is 6.03 Å². The second kappa shape index (κ2) is 3.83. The number of nitrogens with zero attached hydrogens (tertiary/aromatic N) is 2. The smallest absolute Gasteiger partial charge is 0.278 e. The van der Waals surface area contributed by atoms with E-state index < -0.39 is 6.03 Å². The molecular formula is C12H12N4O2. The van der Waals surface area contributed by atoms with E-state index in [1.54, 1.807) is 0 Å². The molecule has 2 heterocycles. The number of hydrogen-bond donors (Lipinski definition) is 2. The van der Waals surface area contributed by atoms with E-state index >= 15 is 0 Å². The third-order valence-corrected chi connectivity index (χ3v) is 3.01. The number of anilines is 1. The van der Waals surface area contributed by atoms with Crippen LogP contribution in [-0.2, 0) is 4.79 Å². The molecule has 1 aliphatic rings. The molecule has 1 saturated heterocycles. The Hall–Kier alpha value is -2.37. The van der Waals surface area contributed by atoms with Crippen molar-refractivity contribution < 1.29 is 9.59 Å². The molecule has 6 nitrogen and oxygen atoms in total. The molecule has 92 valence electrons. The zero-order valence-corrected chi connectivity index (χ0v) is 9.86. The molecule has 3 amide bonds. The van der Waals surface area contributed by atoms with Crippen LogP contribution in [0.2, 0.25) is 0 Å². The highest BCUT2D eigenvalue weighted by Gasteiger charge is 2.27. The Bertz CT molecular complexity index is 647. The van der Waals surface area contributed by atoms with Gasteiger partial charge in [0.05, 0.1) is 5.52 Å². The van der Waals surface area contributed by atoms with Crippen LogP contribution in [0, 0.1) is 6.92 Å². The number of benzene rings is 1. The Balaban J connectivity index is 2.04. The lowest BCUT2D eigenvalue weighted by molar-refractivity contribution is -0.120. The number of carbonyl (C=O) groups is 2. The minimum Gasteiger partial charge on any atom is -0.278 e. The number of H-pyrrole nitrogens is 1.